The van der Waals surface area contributed by atoms with E-state index >= 15 is 0 Å². The Morgan fingerprint density at radius 2 is 1.92 bits per heavy atom. The fraction of sp³-hybridized carbons (Fsp3) is 0.133. The van der Waals surface area contributed by atoms with Gasteiger partial charge in [-0.05, 0) is 18.2 Å². The molecule has 0 amide bonds. The summed E-state index contributed by atoms with van der Waals surface area (Å²) in [5.74, 6) is 0.491. The van der Waals surface area contributed by atoms with Crippen LogP contribution in [0, 0.1) is 0 Å². The molecule has 2 aromatic heterocycles. The van der Waals surface area contributed by atoms with Crippen molar-refractivity contribution in [2.45, 2.75) is 17.1 Å². The van der Waals surface area contributed by atoms with Crippen molar-refractivity contribution in [3.8, 4) is 11.3 Å². The van der Waals surface area contributed by atoms with E-state index in [4.69, 9.17) is 33.4 Å². The van der Waals surface area contributed by atoms with Crippen molar-refractivity contribution in [2.24, 2.45) is 0 Å². The quantitative estimate of drug-likeness (QED) is 0.453. The molecule has 0 bridgehead atoms. The van der Waals surface area contributed by atoms with Gasteiger partial charge in [-0.3, -0.25) is 0 Å². The van der Waals surface area contributed by atoms with E-state index in [0.717, 1.165) is 11.8 Å². The lowest BCUT2D eigenvalue weighted by Gasteiger charge is -2.07. The van der Waals surface area contributed by atoms with Gasteiger partial charge in [0.25, 0.3) is 0 Å². The van der Waals surface area contributed by atoms with Crippen molar-refractivity contribution in [3.63, 3.8) is 0 Å². The number of nitrogens with two attached hydrogens (primary N) is 1. The fourth-order valence-corrected chi connectivity index (χ4v) is 3.07. The number of anilines is 1. The zero-order valence-corrected chi connectivity index (χ0v) is 15.0. The monoisotopic (exact) mass is 420 g/mol. The highest BCUT2D eigenvalue weighted by atomic mass is 35.5. The number of thioether (sulfide) groups is 1. The number of hydrogen-bond donors (Lipinski definition) is 1. The van der Waals surface area contributed by atoms with Gasteiger partial charge in [0.15, 0.2) is 16.6 Å². The second-order valence-corrected chi connectivity index (χ2v) is 6.78. The minimum absolute atomic E-state index is 0.110. The highest BCUT2D eigenvalue weighted by Crippen LogP contribution is 2.33. The molecule has 3 rings (SSSR count). The van der Waals surface area contributed by atoms with Crippen molar-refractivity contribution in [2.75, 3.05) is 5.73 Å². The Labute approximate surface area is 159 Å². The second-order valence-electron chi connectivity index (χ2n) is 4.99. The molecular weight excluding hydrogens is 412 g/mol. The smallest absolute Gasteiger partial charge is 0.433 e. The van der Waals surface area contributed by atoms with Crippen LogP contribution in [0.1, 0.15) is 11.6 Å². The number of aromatic nitrogens is 3. The first-order chi connectivity index (χ1) is 12.2. The summed E-state index contributed by atoms with van der Waals surface area (Å²) in [4.78, 5) is 11.3. The Morgan fingerprint density at radius 1 is 1.15 bits per heavy atom. The maximum absolute atomic E-state index is 12.8. The summed E-state index contributed by atoms with van der Waals surface area (Å²) < 4.78 is 43.9. The van der Waals surface area contributed by atoms with Gasteiger partial charge in [-0.25, -0.2) is 15.0 Å². The lowest BCUT2D eigenvalue weighted by Crippen LogP contribution is -2.10. The Hall–Kier alpha value is -1.97. The SMILES string of the molecule is Nc1cc(C(F)(F)F)nc(SCc2ncc(-c3cc(Cl)ccc3Cl)o2)n1. The van der Waals surface area contributed by atoms with E-state index in [1.54, 1.807) is 18.2 Å². The molecule has 26 heavy (non-hydrogen) atoms. The molecule has 0 spiro atoms. The predicted molar refractivity (Wildman–Crippen MR) is 93.0 cm³/mol. The largest absolute Gasteiger partial charge is 0.440 e. The molecule has 0 saturated heterocycles. The minimum Gasteiger partial charge on any atom is -0.440 e. The Balaban J connectivity index is 1.77. The molecule has 11 heteroatoms. The molecule has 0 aliphatic carbocycles. The van der Waals surface area contributed by atoms with Crippen LogP contribution < -0.4 is 5.73 Å². The molecular formula is C15H9Cl2F3N4OS. The van der Waals surface area contributed by atoms with Crippen molar-refractivity contribution < 1.29 is 17.6 Å². The first kappa shape index (κ1) is 18.8. The number of halogens is 5. The van der Waals surface area contributed by atoms with E-state index in [-0.39, 0.29) is 22.6 Å². The van der Waals surface area contributed by atoms with E-state index in [0.29, 0.717) is 27.4 Å². The number of nitrogens with zero attached hydrogens (tertiary/aromatic N) is 3. The number of oxazole rings is 1. The molecule has 5 nitrogen and oxygen atoms in total. The van der Waals surface area contributed by atoms with E-state index in [1.165, 1.54) is 6.20 Å². The number of benzene rings is 1. The van der Waals surface area contributed by atoms with Crippen molar-refractivity contribution in [3.05, 3.63) is 52.1 Å². The zero-order valence-electron chi connectivity index (χ0n) is 12.7. The van der Waals surface area contributed by atoms with Crippen LogP contribution in [0.25, 0.3) is 11.3 Å². The van der Waals surface area contributed by atoms with Gasteiger partial charge >= 0.3 is 6.18 Å². The first-order valence-electron chi connectivity index (χ1n) is 6.97. The number of rotatable bonds is 4. The second kappa shape index (κ2) is 7.34. The highest BCUT2D eigenvalue weighted by molar-refractivity contribution is 7.98. The molecule has 0 unspecified atom stereocenters. The molecule has 0 aliphatic heterocycles. The summed E-state index contributed by atoms with van der Waals surface area (Å²) in [6, 6.07) is 5.55. The molecule has 0 aliphatic rings. The van der Waals surface area contributed by atoms with Crippen LogP contribution in [-0.4, -0.2) is 15.0 Å². The fourth-order valence-electron chi connectivity index (χ4n) is 1.97. The van der Waals surface area contributed by atoms with E-state index in [1.807, 2.05) is 0 Å². The molecule has 3 aromatic rings. The highest BCUT2D eigenvalue weighted by Gasteiger charge is 2.33. The van der Waals surface area contributed by atoms with E-state index in [2.05, 4.69) is 15.0 Å². The third-order valence-electron chi connectivity index (χ3n) is 3.09. The summed E-state index contributed by atoms with van der Waals surface area (Å²) in [6.45, 7) is 0. The zero-order chi connectivity index (χ0) is 18.9. The van der Waals surface area contributed by atoms with Crippen LogP contribution in [0.5, 0.6) is 0 Å². The molecule has 0 saturated carbocycles. The molecule has 2 N–H and O–H groups in total. The molecule has 1 aromatic carbocycles. The number of nitrogen functional groups attached to an aromatic ring is 1. The Kier molecular flexibility index (Phi) is 5.31. The minimum atomic E-state index is -4.61. The van der Waals surface area contributed by atoms with Crippen molar-refractivity contribution in [1.82, 2.24) is 15.0 Å². The first-order valence-corrected chi connectivity index (χ1v) is 8.71. The lowest BCUT2D eigenvalue weighted by atomic mass is 10.2. The third-order valence-corrected chi connectivity index (χ3v) is 4.48. The predicted octanol–water partition coefficient (Wildman–Crippen LogP) is 5.33. The molecule has 0 atom stereocenters. The number of alkyl halides is 3. The van der Waals surface area contributed by atoms with Crippen LogP contribution in [0.3, 0.4) is 0 Å². The van der Waals surface area contributed by atoms with Crippen LogP contribution in [-0.2, 0) is 11.9 Å². The summed E-state index contributed by atoms with van der Waals surface area (Å²) in [7, 11) is 0. The standard InChI is InChI=1S/C15H9Cl2F3N4OS/c16-7-1-2-9(17)8(3-7)10-5-22-13(25-10)6-26-14-23-11(15(18,19)20)4-12(21)24-14/h1-5H,6H2,(H2,21,23,24). The van der Waals surface area contributed by atoms with Gasteiger partial charge < -0.3 is 10.2 Å². The molecule has 0 radical (unpaired) electrons. The van der Waals surface area contributed by atoms with Gasteiger partial charge in [-0.1, -0.05) is 35.0 Å². The third kappa shape index (κ3) is 4.40. The van der Waals surface area contributed by atoms with Gasteiger partial charge in [0.1, 0.15) is 5.82 Å². The van der Waals surface area contributed by atoms with Gasteiger partial charge in [0.05, 0.1) is 17.0 Å². The maximum atomic E-state index is 12.8. The van der Waals surface area contributed by atoms with Gasteiger partial charge in [-0.2, -0.15) is 13.2 Å². The van der Waals surface area contributed by atoms with Gasteiger partial charge in [0, 0.05) is 16.7 Å². The van der Waals surface area contributed by atoms with E-state index < -0.39 is 11.9 Å². The average Bonchev–Trinajstić information content (AvgIpc) is 3.03. The normalized spacial score (nSPS) is 11.7. The van der Waals surface area contributed by atoms with Crippen LogP contribution in [0.2, 0.25) is 10.0 Å². The number of hydrogen-bond acceptors (Lipinski definition) is 6. The topological polar surface area (TPSA) is 77.8 Å². The van der Waals surface area contributed by atoms with Crippen molar-refractivity contribution >= 4 is 40.8 Å². The van der Waals surface area contributed by atoms with Crippen LogP contribution >= 0.6 is 35.0 Å². The van der Waals surface area contributed by atoms with Gasteiger partial charge in [-0.15, -0.1) is 0 Å². The summed E-state index contributed by atoms with van der Waals surface area (Å²) in [5, 5.41) is 0.779. The maximum Gasteiger partial charge on any atom is 0.433 e. The molecule has 2 heterocycles. The van der Waals surface area contributed by atoms with Gasteiger partial charge in [0.2, 0.25) is 5.89 Å². The van der Waals surface area contributed by atoms with Crippen LogP contribution in [0.4, 0.5) is 19.0 Å². The Bertz CT molecular complexity index is 949. The average molecular weight is 421 g/mol. The van der Waals surface area contributed by atoms with Crippen LogP contribution in [0.15, 0.2) is 40.0 Å². The van der Waals surface area contributed by atoms with E-state index in [9.17, 15) is 13.2 Å². The summed E-state index contributed by atoms with van der Waals surface area (Å²) in [6.07, 6.45) is -3.15. The molecule has 0 fully saturated rings. The lowest BCUT2D eigenvalue weighted by molar-refractivity contribution is -0.141. The molecule has 136 valence electrons. The van der Waals surface area contributed by atoms with Crippen molar-refractivity contribution in [1.29, 1.82) is 0 Å². The summed E-state index contributed by atoms with van der Waals surface area (Å²) in [5.41, 5.74) is 4.86. The summed E-state index contributed by atoms with van der Waals surface area (Å²) >= 11 is 13.0. The Morgan fingerprint density at radius 3 is 2.65 bits per heavy atom.